The van der Waals surface area contributed by atoms with Gasteiger partial charge in [0.1, 0.15) is 18.1 Å². The van der Waals surface area contributed by atoms with Crippen LogP contribution in [-0.4, -0.2) is 68.7 Å². The van der Waals surface area contributed by atoms with Gasteiger partial charge in [0.25, 0.3) is 0 Å². The van der Waals surface area contributed by atoms with Crippen LogP contribution in [0.4, 0.5) is 0 Å². The second-order valence-electron chi connectivity index (χ2n) is 8.91. The molecule has 4 unspecified atom stereocenters. The van der Waals surface area contributed by atoms with Crippen molar-refractivity contribution in [2.24, 2.45) is 11.7 Å². The Morgan fingerprint density at radius 1 is 0.972 bits per heavy atom. The maximum Gasteiger partial charge on any atom is 0.326 e. The van der Waals surface area contributed by atoms with E-state index in [2.05, 4.69) is 38.5 Å². The lowest BCUT2D eigenvalue weighted by Gasteiger charge is -2.25. The second-order valence-corrected chi connectivity index (χ2v) is 9.28. The van der Waals surface area contributed by atoms with Crippen LogP contribution in [0.1, 0.15) is 31.5 Å². The highest BCUT2D eigenvalue weighted by atomic mass is 32.1. The monoisotopic (exact) mass is 518 g/mol. The van der Waals surface area contributed by atoms with Gasteiger partial charge in [0.2, 0.25) is 17.7 Å². The molecule has 12 heteroatoms. The van der Waals surface area contributed by atoms with Gasteiger partial charge >= 0.3 is 5.97 Å². The molecular formula is C24H34N6O5S. The smallest absolute Gasteiger partial charge is 0.326 e. The Labute approximate surface area is 215 Å². The van der Waals surface area contributed by atoms with E-state index >= 15 is 0 Å². The first-order valence-corrected chi connectivity index (χ1v) is 12.3. The van der Waals surface area contributed by atoms with Gasteiger partial charge in [-0.05, 0) is 17.9 Å². The van der Waals surface area contributed by atoms with E-state index in [0.29, 0.717) is 12.1 Å². The number of carboxylic acid groups (broad SMARTS) is 1. The number of amides is 3. The van der Waals surface area contributed by atoms with Crippen molar-refractivity contribution >= 4 is 36.3 Å². The molecule has 0 aliphatic heterocycles. The molecule has 1 heterocycles. The van der Waals surface area contributed by atoms with Crippen molar-refractivity contribution in [1.29, 1.82) is 0 Å². The van der Waals surface area contributed by atoms with Crippen LogP contribution >= 0.6 is 12.6 Å². The van der Waals surface area contributed by atoms with Gasteiger partial charge in [-0.1, -0.05) is 44.2 Å². The molecule has 3 amide bonds. The largest absolute Gasteiger partial charge is 0.480 e. The number of benzene rings is 1. The number of H-pyrrole nitrogens is 1. The maximum absolute atomic E-state index is 13.2. The van der Waals surface area contributed by atoms with Crippen LogP contribution in [0.15, 0.2) is 42.9 Å². The predicted molar refractivity (Wildman–Crippen MR) is 137 cm³/mol. The summed E-state index contributed by atoms with van der Waals surface area (Å²) in [6.45, 7) is 3.88. The van der Waals surface area contributed by atoms with Crippen molar-refractivity contribution in [2.45, 2.75) is 57.3 Å². The van der Waals surface area contributed by atoms with E-state index in [1.807, 2.05) is 44.2 Å². The van der Waals surface area contributed by atoms with Gasteiger partial charge in [-0.15, -0.1) is 0 Å². The first kappa shape index (κ1) is 28.9. The highest BCUT2D eigenvalue weighted by molar-refractivity contribution is 7.80. The normalized spacial score (nSPS) is 14.4. The molecule has 2 aromatic rings. The predicted octanol–water partition coefficient (Wildman–Crippen LogP) is 0.0371. The Hall–Kier alpha value is -3.38. The van der Waals surface area contributed by atoms with Crippen molar-refractivity contribution in [3.63, 3.8) is 0 Å². The SMILES string of the molecule is CC(C)CC(N)C(=O)NC(Cc1ccccc1)C(=O)NC(CS)C(=O)NC(Cc1cnc[nH]1)C(=O)O. The Bertz CT molecular complexity index is 1000. The third kappa shape index (κ3) is 9.34. The third-order valence-electron chi connectivity index (χ3n) is 5.39. The third-order valence-corrected chi connectivity index (χ3v) is 5.75. The zero-order valence-corrected chi connectivity index (χ0v) is 21.2. The van der Waals surface area contributed by atoms with E-state index in [9.17, 15) is 24.3 Å². The number of thiol groups is 1. The first-order valence-electron chi connectivity index (χ1n) is 11.6. The van der Waals surface area contributed by atoms with E-state index in [0.717, 1.165) is 5.56 Å². The average Bonchev–Trinajstić information content (AvgIpc) is 3.34. The fraction of sp³-hybridized carbons (Fsp3) is 0.458. The number of rotatable bonds is 14. The summed E-state index contributed by atoms with van der Waals surface area (Å²) in [7, 11) is 0. The lowest BCUT2D eigenvalue weighted by molar-refractivity contribution is -0.142. The average molecular weight is 519 g/mol. The number of aromatic nitrogens is 2. The Kier molecular flexibility index (Phi) is 11.4. The number of aliphatic carboxylic acids is 1. The first-order chi connectivity index (χ1) is 17.1. The summed E-state index contributed by atoms with van der Waals surface area (Å²) in [6.07, 6.45) is 3.46. The molecule has 36 heavy (non-hydrogen) atoms. The number of aromatic amines is 1. The maximum atomic E-state index is 13.2. The zero-order chi connectivity index (χ0) is 26.7. The Balaban J connectivity index is 2.11. The van der Waals surface area contributed by atoms with Gasteiger partial charge in [-0.3, -0.25) is 14.4 Å². The Morgan fingerprint density at radius 2 is 1.58 bits per heavy atom. The van der Waals surface area contributed by atoms with E-state index in [1.165, 1.54) is 12.5 Å². The number of carboxylic acids is 1. The molecule has 0 bridgehead atoms. The van der Waals surface area contributed by atoms with E-state index in [1.54, 1.807) is 0 Å². The minimum atomic E-state index is -1.24. The van der Waals surface area contributed by atoms with Crippen LogP contribution in [0.2, 0.25) is 0 Å². The van der Waals surface area contributed by atoms with Crippen molar-refractivity contribution in [3.05, 3.63) is 54.1 Å². The van der Waals surface area contributed by atoms with E-state index in [4.69, 9.17) is 5.73 Å². The van der Waals surface area contributed by atoms with Crippen molar-refractivity contribution in [2.75, 3.05) is 5.75 Å². The summed E-state index contributed by atoms with van der Waals surface area (Å²) in [4.78, 5) is 56.9. The van der Waals surface area contributed by atoms with Crippen LogP contribution in [0.5, 0.6) is 0 Å². The van der Waals surface area contributed by atoms with Crippen LogP contribution in [0.25, 0.3) is 0 Å². The molecule has 0 fully saturated rings. The summed E-state index contributed by atoms with van der Waals surface area (Å²) in [6, 6.07) is 4.91. The summed E-state index contributed by atoms with van der Waals surface area (Å²) >= 11 is 4.15. The topological polar surface area (TPSA) is 179 Å². The van der Waals surface area contributed by atoms with Crippen molar-refractivity contribution in [3.8, 4) is 0 Å². The van der Waals surface area contributed by atoms with Crippen molar-refractivity contribution < 1.29 is 24.3 Å². The van der Waals surface area contributed by atoms with Crippen LogP contribution in [0.3, 0.4) is 0 Å². The van der Waals surface area contributed by atoms with Crippen molar-refractivity contribution in [1.82, 2.24) is 25.9 Å². The summed E-state index contributed by atoms with van der Waals surface area (Å²) in [5.74, 6) is -2.95. The molecule has 196 valence electrons. The minimum absolute atomic E-state index is 0.0191. The molecule has 0 aliphatic carbocycles. The summed E-state index contributed by atoms with van der Waals surface area (Å²) in [5, 5.41) is 17.2. The van der Waals surface area contributed by atoms with Gasteiger partial charge < -0.3 is 31.8 Å². The lowest BCUT2D eigenvalue weighted by Crippen LogP contribution is -2.58. The molecule has 1 aromatic carbocycles. The van der Waals surface area contributed by atoms with E-state index in [-0.39, 0.29) is 24.5 Å². The number of carbonyl (C=O) groups excluding carboxylic acids is 3. The molecule has 0 saturated heterocycles. The summed E-state index contributed by atoms with van der Waals surface area (Å²) in [5.41, 5.74) is 7.32. The fourth-order valence-electron chi connectivity index (χ4n) is 3.51. The molecule has 4 atom stereocenters. The molecule has 2 rings (SSSR count). The zero-order valence-electron chi connectivity index (χ0n) is 20.3. The molecular weight excluding hydrogens is 484 g/mol. The van der Waals surface area contributed by atoms with Gasteiger partial charge in [-0.2, -0.15) is 12.6 Å². The number of carbonyl (C=O) groups is 4. The molecule has 0 spiro atoms. The number of hydrogen-bond acceptors (Lipinski definition) is 7. The quantitative estimate of drug-likeness (QED) is 0.172. The molecule has 0 saturated carbocycles. The fourth-order valence-corrected chi connectivity index (χ4v) is 3.76. The highest BCUT2D eigenvalue weighted by Gasteiger charge is 2.30. The lowest BCUT2D eigenvalue weighted by atomic mass is 10.0. The summed E-state index contributed by atoms with van der Waals surface area (Å²) < 4.78 is 0. The molecule has 11 nitrogen and oxygen atoms in total. The van der Waals surface area contributed by atoms with Gasteiger partial charge in [-0.25, -0.2) is 9.78 Å². The number of nitrogens with two attached hydrogens (primary N) is 1. The Morgan fingerprint density at radius 3 is 2.14 bits per heavy atom. The number of hydrogen-bond donors (Lipinski definition) is 7. The van der Waals surface area contributed by atoms with Gasteiger partial charge in [0, 0.05) is 30.5 Å². The molecule has 1 aromatic heterocycles. The molecule has 0 radical (unpaired) electrons. The molecule has 0 aliphatic rings. The highest BCUT2D eigenvalue weighted by Crippen LogP contribution is 2.07. The van der Waals surface area contributed by atoms with Gasteiger partial charge in [0.05, 0.1) is 12.4 Å². The van der Waals surface area contributed by atoms with Gasteiger partial charge in [0.15, 0.2) is 0 Å². The van der Waals surface area contributed by atoms with Crippen LogP contribution in [0, 0.1) is 5.92 Å². The van der Waals surface area contributed by atoms with Crippen LogP contribution in [-0.2, 0) is 32.0 Å². The standard InChI is InChI=1S/C24H34N6O5S/c1-14(2)8-17(25)21(31)28-18(9-15-6-4-3-5-7-15)22(32)30-20(12-36)23(33)29-19(24(34)35)10-16-11-26-13-27-16/h3-7,11,13-14,17-20,36H,8-10,12,25H2,1-2H3,(H,26,27)(H,28,31)(H,29,33)(H,30,32)(H,34,35). The minimum Gasteiger partial charge on any atom is -0.480 e. The number of nitrogens with one attached hydrogen (secondary N) is 4. The van der Waals surface area contributed by atoms with Crippen LogP contribution < -0.4 is 21.7 Å². The second kappa shape index (κ2) is 14.2. The van der Waals surface area contributed by atoms with E-state index < -0.39 is 47.9 Å². The number of imidazole rings is 1. The molecule has 7 N–H and O–H groups in total. The number of nitrogens with zero attached hydrogens (tertiary/aromatic N) is 1.